The number of hydrogen-bond acceptors (Lipinski definition) is 11. The topological polar surface area (TPSA) is 162 Å². The summed E-state index contributed by atoms with van der Waals surface area (Å²) >= 11 is 0. The first-order chi connectivity index (χ1) is 26.4. The quantitative estimate of drug-likeness (QED) is 0.173. The van der Waals surface area contributed by atoms with Crippen LogP contribution >= 0.6 is 0 Å². The zero-order valence-electron chi connectivity index (χ0n) is 29.3. The molecule has 3 heterocycles. The Kier molecular flexibility index (Phi) is 10.8. The summed E-state index contributed by atoms with van der Waals surface area (Å²) in [5.74, 6) is -4.30. The number of hydrogen-bond donors (Lipinski definition) is 3. The van der Waals surface area contributed by atoms with E-state index in [4.69, 9.17) is 24.2 Å². The number of hydroxylamine groups is 2. The Morgan fingerprint density at radius 3 is 2.29 bits per heavy atom. The van der Waals surface area contributed by atoms with E-state index in [2.05, 4.69) is 15.4 Å². The fourth-order valence-corrected chi connectivity index (χ4v) is 7.77. The van der Waals surface area contributed by atoms with E-state index in [1.807, 2.05) is 60.7 Å². The summed E-state index contributed by atoms with van der Waals surface area (Å²) in [6, 6.07) is 23.9. The van der Waals surface area contributed by atoms with E-state index in [0.29, 0.717) is 22.3 Å². The van der Waals surface area contributed by atoms with Crippen molar-refractivity contribution in [2.45, 2.75) is 61.8 Å². The number of nitrogens with one attached hydrogen (secondary N) is 2. The number of benzene rings is 3. The van der Waals surface area contributed by atoms with Crippen LogP contribution in [-0.2, 0) is 55.3 Å². The van der Waals surface area contributed by atoms with Crippen molar-refractivity contribution >= 4 is 29.8 Å². The summed E-state index contributed by atoms with van der Waals surface area (Å²) in [5.41, 5.74) is 0.790. The number of aliphatic hydroxyl groups excluding tert-OH is 1. The first-order valence-electron chi connectivity index (χ1n) is 17.7. The Labute approximate surface area is 313 Å². The Bertz CT molecular complexity index is 1890. The number of ether oxygens (including phenoxy) is 4. The minimum Gasteiger partial charge on any atom is -0.458 e. The number of fused-ring (bicyclic) bond motifs is 4. The lowest BCUT2D eigenvalue weighted by Crippen LogP contribution is -2.69. The number of rotatable bonds is 13. The van der Waals surface area contributed by atoms with Crippen molar-refractivity contribution in [1.82, 2.24) is 15.7 Å². The van der Waals surface area contributed by atoms with E-state index in [9.17, 15) is 32.3 Å². The molecule has 1 saturated carbocycles. The summed E-state index contributed by atoms with van der Waals surface area (Å²) in [5, 5.41) is 15.8. The van der Waals surface area contributed by atoms with Crippen molar-refractivity contribution < 1.29 is 61.2 Å². The van der Waals surface area contributed by atoms with Crippen molar-refractivity contribution in [1.29, 1.82) is 0 Å². The Balaban J connectivity index is 1.21. The van der Waals surface area contributed by atoms with E-state index in [1.54, 1.807) is 24.3 Å². The zero-order valence-corrected chi connectivity index (χ0v) is 29.3. The number of carbonyl (C=O) groups excluding carboxylic acids is 4. The molecule has 290 valence electrons. The minimum absolute atomic E-state index is 0.0140. The standard InChI is InChI=1S/C39H38F3N3O10/c40-38(41,42)23-51-30(48)15-14-24-8-7-9-25(20-24)22-45-33-35(49)52-28-21-37(33,36(50)44-17-16-29(47)43-18-19-46)34(55-45)32-31(28)53-39(54-32,26-10-3-1-4-11-26)27-12-5-2-6-13-27/h1-15,20,28,31-34,46H,16-19,21-23H2,(H,43,47)(H,44,50)/t28-,31+,32+,33+,34-,37+/m1/s1. The maximum Gasteiger partial charge on any atom is 0.422 e. The van der Waals surface area contributed by atoms with Crippen LogP contribution in [0.25, 0.3) is 6.08 Å². The van der Waals surface area contributed by atoms with Crippen molar-refractivity contribution in [3.05, 3.63) is 113 Å². The second-order valence-electron chi connectivity index (χ2n) is 13.6. The lowest BCUT2D eigenvalue weighted by Gasteiger charge is -2.48. The number of aliphatic hydroxyl groups is 1. The number of alkyl halides is 3. The van der Waals surface area contributed by atoms with Gasteiger partial charge in [-0.15, -0.1) is 0 Å². The molecule has 4 aliphatic rings. The van der Waals surface area contributed by atoms with Gasteiger partial charge in [0, 0.05) is 43.1 Å². The van der Waals surface area contributed by atoms with Gasteiger partial charge in [-0.25, -0.2) is 4.79 Å². The van der Waals surface area contributed by atoms with Gasteiger partial charge in [-0.2, -0.15) is 18.2 Å². The summed E-state index contributed by atoms with van der Waals surface area (Å²) in [6.45, 7) is -2.03. The summed E-state index contributed by atoms with van der Waals surface area (Å²) in [7, 11) is 0. The SMILES string of the molecule is O=C(CCNC(=O)[C@@]12C[C@H]3OC(=O)[C@@H]1N(Cc1cccc(C=CC(=O)OCC(F)(F)F)c1)O[C@@H]2[C@H]1OC(c2ccccc2)(c2ccccc2)O[C@H]13)NCCO. The van der Waals surface area contributed by atoms with Gasteiger partial charge < -0.3 is 34.7 Å². The van der Waals surface area contributed by atoms with Gasteiger partial charge in [-0.3, -0.25) is 19.2 Å². The molecule has 3 saturated heterocycles. The van der Waals surface area contributed by atoms with Gasteiger partial charge in [0.1, 0.15) is 29.8 Å². The molecule has 3 aromatic rings. The number of amides is 2. The lowest BCUT2D eigenvalue weighted by molar-refractivity contribution is -0.213. The molecule has 55 heavy (non-hydrogen) atoms. The molecule has 1 aliphatic carbocycles. The number of nitrogens with zero attached hydrogens (tertiary/aromatic N) is 1. The number of esters is 2. The van der Waals surface area contributed by atoms with Gasteiger partial charge in [-0.1, -0.05) is 84.9 Å². The molecule has 16 heteroatoms. The van der Waals surface area contributed by atoms with Crippen LogP contribution < -0.4 is 10.6 Å². The van der Waals surface area contributed by atoms with Gasteiger partial charge >= 0.3 is 18.1 Å². The zero-order chi connectivity index (χ0) is 38.8. The third-order valence-corrected chi connectivity index (χ3v) is 10.0. The van der Waals surface area contributed by atoms with E-state index < -0.39 is 72.3 Å². The second-order valence-corrected chi connectivity index (χ2v) is 13.6. The highest BCUT2D eigenvalue weighted by molar-refractivity contribution is 5.94. The van der Waals surface area contributed by atoms with E-state index >= 15 is 0 Å². The molecular weight excluding hydrogens is 727 g/mol. The van der Waals surface area contributed by atoms with Gasteiger partial charge in [0.2, 0.25) is 17.6 Å². The fourth-order valence-electron chi connectivity index (χ4n) is 7.77. The molecule has 7 rings (SSSR count). The molecule has 3 aliphatic heterocycles. The molecule has 0 unspecified atom stereocenters. The highest BCUT2D eigenvalue weighted by Gasteiger charge is 2.76. The van der Waals surface area contributed by atoms with Crippen LogP contribution in [0.15, 0.2) is 91.0 Å². The molecule has 0 radical (unpaired) electrons. The molecular formula is C39H38F3N3O10. The molecule has 6 atom stereocenters. The van der Waals surface area contributed by atoms with E-state index in [-0.39, 0.29) is 45.0 Å². The Morgan fingerprint density at radius 1 is 0.927 bits per heavy atom. The maximum atomic E-state index is 14.5. The van der Waals surface area contributed by atoms with E-state index in [1.165, 1.54) is 11.1 Å². The number of halogens is 3. The minimum atomic E-state index is -4.67. The predicted molar refractivity (Wildman–Crippen MR) is 185 cm³/mol. The molecule has 2 amide bonds. The van der Waals surface area contributed by atoms with Crippen molar-refractivity contribution in [2.24, 2.45) is 5.41 Å². The van der Waals surface area contributed by atoms with Crippen LogP contribution in [-0.4, -0.2) is 96.9 Å². The van der Waals surface area contributed by atoms with Crippen molar-refractivity contribution in [3.8, 4) is 0 Å². The molecule has 3 N–H and O–H groups in total. The fraction of sp³-hybridized carbons (Fsp3) is 0.385. The monoisotopic (exact) mass is 765 g/mol. The average Bonchev–Trinajstić information content (AvgIpc) is 3.76. The first kappa shape index (κ1) is 38.2. The normalized spacial score (nSPS) is 26.6. The second kappa shape index (κ2) is 15.5. The molecule has 13 nitrogen and oxygen atoms in total. The Morgan fingerprint density at radius 2 is 1.62 bits per heavy atom. The van der Waals surface area contributed by atoms with Crippen molar-refractivity contribution in [3.63, 3.8) is 0 Å². The largest absolute Gasteiger partial charge is 0.458 e. The highest BCUT2D eigenvalue weighted by Crippen LogP contribution is 2.59. The van der Waals surface area contributed by atoms with Crippen LogP contribution in [0.2, 0.25) is 0 Å². The summed E-state index contributed by atoms with van der Waals surface area (Å²) < 4.78 is 61.5. The molecule has 4 fully saturated rings. The molecule has 0 spiro atoms. The van der Waals surface area contributed by atoms with Crippen molar-refractivity contribution in [2.75, 3.05) is 26.3 Å². The van der Waals surface area contributed by atoms with Crippen LogP contribution in [0.3, 0.4) is 0 Å². The third kappa shape index (κ3) is 7.60. The summed E-state index contributed by atoms with van der Waals surface area (Å²) in [4.78, 5) is 59.4. The van der Waals surface area contributed by atoms with Crippen LogP contribution in [0.1, 0.15) is 35.1 Å². The van der Waals surface area contributed by atoms with Gasteiger partial charge in [-0.05, 0) is 17.2 Å². The van der Waals surface area contributed by atoms with E-state index in [0.717, 1.165) is 6.08 Å². The smallest absolute Gasteiger partial charge is 0.422 e. The van der Waals surface area contributed by atoms with Crippen LogP contribution in [0, 0.1) is 5.41 Å². The first-order valence-corrected chi connectivity index (χ1v) is 17.7. The molecule has 2 bridgehead atoms. The number of carbonyl (C=O) groups is 4. The highest BCUT2D eigenvalue weighted by atomic mass is 19.4. The average molecular weight is 766 g/mol. The lowest BCUT2D eigenvalue weighted by atomic mass is 9.62. The predicted octanol–water partition coefficient (Wildman–Crippen LogP) is 2.91. The van der Waals surface area contributed by atoms with Crippen LogP contribution in [0.5, 0.6) is 0 Å². The molecule has 0 aromatic heterocycles. The Hall–Kier alpha value is -5.13. The van der Waals surface area contributed by atoms with Gasteiger partial charge in [0.15, 0.2) is 12.6 Å². The third-order valence-electron chi connectivity index (χ3n) is 10.0. The molecule has 3 aromatic carbocycles. The van der Waals surface area contributed by atoms with Crippen LogP contribution in [0.4, 0.5) is 13.2 Å². The summed E-state index contributed by atoms with van der Waals surface area (Å²) in [6.07, 6.45) is -6.35. The van der Waals surface area contributed by atoms with Gasteiger partial charge in [0.25, 0.3) is 0 Å². The van der Waals surface area contributed by atoms with Gasteiger partial charge in [0.05, 0.1) is 13.2 Å². The maximum absolute atomic E-state index is 14.5.